The lowest BCUT2D eigenvalue weighted by atomic mass is 10.3. The zero-order valence-corrected chi connectivity index (χ0v) is 15.3. The highest BCUT2D eigenvalue weighted by atomic mass is 32.2. The molecule has 1 saturated heterocycles. The third-order valence-electron chi connectivity index (χ3n) is 3.62. The van der Waals surface area contributed by atoms with E-state index in [0.717, 1.165) is 17.5 Å². The lowest BCUT2D eigenvalue weighted by Gasteiger charge is -2.15. The summed E-state index contributed by atoms with van der Waals surface area (Å²) in [5.41, 5.74) is 1.45. The summed E-state index contributed by atoms with van der Waals surface area (Å²) < 4.78 is 2.49. The SMILES string of the molecule is CNC1CCN(SCC(C)C)C1.O=CNc1cnc2[nH]ccc2n1. The van der Waals surface area contributed by atoms with Crippen LogP contribution in [0.1, 0.15) is 20.3 Å². The number of aromatic amines is 1. The van der Waals surface area contributed by atoms with Crippen LogP contribution in [0.4, 0.5) is 5.82 Å². The Morgan fingerprint density at radius 3 is 3.04 bits per heavy atom. The fourth-order valence-corrected chi connectivity index (χ4v) is 3.32. The van der Waals surface area contributed by atoms with E-state index in [9.17, 15) is 4.79 Å². The summed E-state index contributed by atoms with van der Waals surface area (Å²) in [5, 5.41) is 5.75. The van der Waals surface area contributed by atoms with Crippen molar-refractivity contribution in [1.82, 2.24) is 24.6 Å². The molecule has 3 N–H and O–H groups in total. The standard InChI is InChI=1S/C9H20N2S.C7H6N4O/c1-8(2)7-12-11-5-4-9(6-11)10-3;12-4-10-6-3-9-7-5(11-6)1-2-8-7/h8-10H,4-7H2,1-3H3;1-4H,(H,8,9)(H,10,11,12). The minimum Gasteiger partial charge on any atom is -0.345 e. The Balaban J connectivity index is 0.000000174. The molecule has 7 nitrogen and oxygen atoms in total. The van der Waals surface area contributed by atoms with Crippen molar-refractivity contribution in [1.29, 1.82) is 0 Å². The van der Waals surface area contributed by atoms with E-state index in [-0.39, 0.29) is 0 Å². The maximum Gasteiger partial charge on any atom is 0.212 e. The Morgan fingerprint density at radius 2 is 2.38 bits per heavy atom. The van der Waals surface area contributed by atoms with Crippen LogP contribution in [0.15, 0.2) is 18.5 Å². The molecule has 8 heteroatoms. The highest BCUT2D eigenvalue weighted by Gasteiger charge is 2.20. The lowest BCUT2D eigenvalue weighted by molar-refractivity contribution is -0.105. The Labute approximate surface area is 147 Å². The maximum absolute atomic E-state index is 10.1. The Morgan fingerprint density at radius 1 is 1.54 bits per heavy atom. The van der Waals surface area contributed by atoms with E-state index in [0.29, 0.717) is 17.9 Å². The Kier molecular flexibility index (Phi) is 7.48. The molecule has 24 heavy (non-hydrogen) atoms. The smallest absolute Gasteiger partial charge is 0.212 e. The van der Waals surface area contributed by atoms with Crippen molar-refractivity contribution in [2.75, 3.05) is 31.2 Å². The van der Waals surface area contributed by atoms with Crippen molar-refractivity contribution < 1.29 is 4.79 Å². The summed E-state index contributed by atoms with van der Waals surface area (Å²) in [6.07, 6.45) is 5.12. The highest BCUT2D eigenvalue weighted by Crippen LogP contribution is 2.20. The third kappa shape index (κ3) is 5.77. The summed E-state index contributed by atoms with van der Waals surface area (Å²) in [4.78, 5) is 21.1. The van der Waals surface area contributed by atoms with Gasteiger partial charge < -0.3 is 15.6 Å². The molecule has 0 aliphatic carbocycles. The van der Waals surface area contributed by atoms with E-state index in [1.54, 1.807) is 12.3 Å². The first kappa shape index (κ1) is 18.7. The first-order valence-corrected chi connectivity index (χ1v) is 9.12. The number of aromatic nitrogens is 3. The van der Waals surface area contributed by atoms with Crippen molar-refractivity contribution in [3.05, 3.63) is 18.5 Å². The van der Waals surface area contributed by atoms with Crippen LogP contribution < -0.4 is 10.6 Å². The fourth-order valence-electron chi connectivity index (χ4n) is 2.30. The number of amides is 1. The fraction of sp³-hybridized carbons (Fsp3) is 0.562. The lowest BCUT2D eigenvalue weighted by Crippen LogP contribution is -2.27. The van der Waals surface area contributed by atoms with Crippen LogP contribution in [-0.2, 0) is 4.79 Å². The second-order valence-electron chi connectivity index (χ2n) is 6.08. The second-order valence-corrected chi connectivity index (χ2v) is 7.19. The second kappa shape index (κ2) is 9.61. The van der Waals surface area contributed by atoms with Crippen molar-refractivity contribution in [3.8, 4) is 0 Å². The van der Waals surface area contributed by atoms with E-state index < -0.39 is 0 Å². The number of carbonyl (C=O) groups is 1. The van der Waals surface area contributed by atoms with Crippen molar-refractivity contribution in [2.24, 2.45) is 5.92 Å². The van der Waals surface area contributed by atoms with Crippen LogP contribution >= 0.6 is 11.9 Å². The van der Waals surface area contributed by atoms with Gasteiger partial charge in [0.1, 0.15) is 5.52 Å². The maximum atomic E-state index is 10.1. The average Bonchev–Trinajstić information content (AvgIpc) is 3.22. The van der Waals surface area contributed by atoms with Crippen LogP contribution in [-0.4, -0.2) is 57.6 Å². The van der Waals surface area contributed by atoms with Gasteiger partial charge in [-0.25, -0.2) is 14.3 Å². The predicted octanol–water partition coefficient (Wildman–Crippen LogP) is 2.11. The molecule has 0 aromatic carbocycles. The molecule has 2 aromatic rings. The molecule has 1 aliphatic heterocycles. The van der Waals surface area contributed by atoms with E-state index in [1.807, 2.05) is 11.9 Å². The summed E-state index contributed by atoms with van der Waals surface area (Å²) >= 11 is 2.00. The van der Waals surface area contributed by atoms with Crippen molar-refractivity contribution in [3.63, 3.8) is 0 Å². The number of hydrogen-bond donors (Lipinski definition) is 3. The molecular formula is C16H26N6OS. The van der Waals surface area contributed by atoms with Gasteiger partial charge in [0.15, 0.2) is 11.5 Å². The number of H-pyrrole nitrogens is 1. The Hall–Kier alpha value is -1.64. The van der Waals surface area contributed by atoms with Crippen LogP contribution in [0.25, 0.3) is 11.2 Å². The molecular weight excluding hydrogens is 324 g/mol. The van der Waals surface area contributed by atoms with Gasteiger partial charge in [0.25, 0.3) is 0 Å². The van der Waals surface area contributed by atoms with E-state index in [4.69, 9.17) is 0 Å². The molecule has 1 amide bonds. The van der Waals surface area contributed by atoms with Crippen molar-refractivity contribution in [2.45, 2.75) is 26.3 Å². The molecule has 132 valence electrons. The zero-order chi connectivity index (χ0) is 17.4. The van der Waals surface area contributed by atoms with Gasteiger partial charge in [-0.3, -0.25) is 4.79 Å². The summed E-state index contributed by atoms with van der Waals surface area (Å²) in [6, 6.07) is 2.52. The normalized spacial score (nSPS) is 17.8. The molecule has 0 saturated carbocycles. The topological polar surface area (TPSA) is 85.9 Å². The van der Waals surface area contributed by atoms with Gasteiger partial charge in [-0.2, -0.15) is 0 Å². The molecule has 1 aliphatic rings. The number of nitrogens with zero attached hydrogens (tertiary/aromatic N) is 3. The monoisotopic (exact) mass is 350 g/mol. The first-order chi connectivity index (χ1) is 11.6. The largest absolute Gasteiger partial charge is 0.345 e. The molecule has 0 radical (unpaired) electrons. The van der Waals surface area contributed by atoms with Gasteiger partial charge in [-0.1, -0.05) is 25.8 Å². The number of carbonyl (C=O) groups excluding carboxylic acids is 1. The van der Waals surface area contributed by atoms with Gasteiger partial charge in [-0.05, 0) is 25.5 Å². The van der Waals surface area contributed by atoms with Crippen LogP contribution in [0.2, 0.25) is 0 Å². The molecule has 0 bridgehead atoms. The van der Waals surface area contributed by atoms with Gasteiger partial charge >= 0.3 is 0 Å². The predicted molar refractivity (Wildman–Crippen MR) is 99.9 cm³/mol. The number of hydrogen-bond acceptors (Lipinski definition) is 6. The average molecular weight is 350 g/mol. The zero-order valence-electron chi connectivity index (χ0n) is 14.5. The molecule has 3 rings (SSSR count). The van der Waals surface area contributed by atoms with Gasteiger partial charge in [0.05, 0.1) is 6.20 Å². The minimum atomic E-state index is 0.456. The van der Waals surface area contributed by atoms with E-state index in [2.05, 4.69) is 50.8 Å². The number of anilines is 1. The minimum absolute atomic E-state index is 0.456. The highest BCUT2D eigenvalue weighted by molar-refractivity contribution is 7.97. The Bertz CT molecular complexity index is 632. The van der Waals surface area contributed by atoms with E-state index >= 15 is 0 Å². The number of fused-ring (bicyclic) bond motifs is 1. The number of likely N-dealkylation sites (N-methyl/N-ethyl adjacent to an activating group) is 1. The quantitative estimate of drug-likeness (QED) is 0.546. The van der Waals surface area contributed by atoms with Crippen LogP contribution in [0.3, 0.4) is 0 Å². The summed E-state index contributed by atoms with van der Waals surface area (Å²) in [5.74, 6) is 2.52. The van der Waals surface area contributed by atoms with Gasteiger partial charge in [0, 0.05) is 31.1 Å². The summed E-state index contributed by atoms with van der Waals surface area (Å²) in [6.45, 7) is 7.02. The first-order valence-electron chi connectivity index (χ1n) is 8.17. The molecule has 0 spiro atoms. The molecule has 3 heterocycles. The summed E-state index contributed by atoms with van der Waals surface area (Å²) in [7, 11) is 2.06. The molecule has 1 fully saturated rings. The molecule has 1 atom stereocenters. The van der Waals surface area contributed by atoms with Crippen LogP contribution in [0, 0.1) is 5.92 Å². The molecule has 2 aromatic heterocycles. The van der Waals surface area contributed by atoms with Crippen LogP contribution in [0.5, 0.6) is 0 Å². The molecule has 1 unspecified atom stereocenters. The van der Waals surface area contributed by atoms with Gasteiger partial charge in [0.2, 0.25) is 6.41 Å². The van der Waals surface area contributed by atoms with E-state index in [1.165, 1.54) is 31.5 Å². The number of rotatable bonds is 6. The van der Waals surface area contributed by atoms with Crippen molar-refractivity contribution >= 4 is 35.3 Å². The van der Waals surface area contributed by atoms with Gasteiger partial charge in [-0.15, -0.1) is 0 Å². The number of nitrogens with one attached hydrogen (secondary N) is 3. The third-order valence-corrected chi connectivity index (χ3v) is 5.13.